The van der Waals surface area contributed by atoms with Gasteiger partial charge >= 0.3 is 5.97 Å². The highest BCUT2D eigenvalue weighted by atomic mass is 16.5. The highest BCUT2D eigenvalue weighted by Crippen LogP contribution is 2.27. The molecule has 8 nitrogen and oxygen atoms in total. The molecule has 0 amide bonds. The van der Waals surface area contributed by atoms with Crippen molar-refractivity contribution in [3.63, 3.8) is 0 Å². The molecule has 0 atom stereocenters. The Balaban J connectivity index is 1.56. The number of aromatic nitrogens is 2. The van der Waals surface area contributed by atoms with Crippen LogP contribution in [-0.2, 0) is 9.47 Å². The number of carbonyl (C=O) groups is 1. The molecule has 4 rings (SSSR count). The Morgan fingerprint density at radius 2 is 1.91 bits per heavy atom. The topological polar surface area (TPSA) is 91.8 Å². The highest BCUT2D eigenvalue weighted by molar-refractivity contribution is 5.92. The maximum absolute atomic E-state index is 12.5. The Labute approximate surface area is 187 Å². The molecule has 0 saturated carbocycles. The fourth-order valence-electron chi connectivity index (χ4n) is 3.62. The molecule has 3 aromatic rings. The zero-order chi connectivity index (χ0) is 22.3. The number of esters is 1. The van der Waals surface area contributed by atoms with Gasteiger partial charge in [0, 0.05) is 25.3 Å². The smallest absolute Gasteiger partial charge is 0.345 e. The molecule has 1 aromatic heterocycles. The van der Waals surface area contributed by atoms with Crippen LogP contribution in [0.5, 0.6) is 5.88 Å². The predicted octanol–water partition coefficient (Wildman–Crippen LogP) is 3.01. The van der Waals surface area contributed by atoms with Gasteiger partial charge < -0.3 is 19.9 Å². The average molecular weight is 437 g/mol. The Morgan fingerprint density at radius 1 is 1.12 bits per heavy atom. The van der Waals surface area contributed by atoms with E-state index in [1.807, 2.05) is 48.5 Å². The van der Waals surface area contributed by atoms with E-state index in [-0.39, 0.29) is 6.61 Å². The Morgan fingerprint density at radius 3 is 2.62 bits per heavy atom. The molecule has 1 saturated heterocycles. The van der Waals surface area contributed by atoms with E-state index in [0.29, 0.717) is 23.7 Å². The summed E-state index contributed by atoms with van der Waals surface area (Å²) in [5, 5.41) is 4.41. The molecule has 168 valence electrons. The first-order valence-electron chi connectivity index (χ1n) is 10.8. The minimum absolute atomic E-state index is 0.284. The Kier molecular flexibility index (Phi) is 7.03. The molecule has 0 unspecified atom stereocenters. The lowest BCUT2D eigenvalue weighted by atomic mass is 10.0. The molecule has 0 bridgehead atoms. The molecule has 2 aromatic carbocycles. The molecular weight excluding hydrogens is 408 g/mol. The van der Waals surface area contributed by atoms with E-state index < -0.39 is 5.97 Å². The van der Waals surface area contributed by atoms with Crippen molar-refractivity contribution in [2.45, 2.75) is 6.92 Å². The van der Waals surface area contributed by atoms with Crippen molar-refractivity contribution in [3.8, 4) is 22.7 Å². The fraction of sp³-hybridized carbons (Fsp3) is 0.333. The molecule has 0 radical (unpaired) electrons. The summed E-state index contributed by atoms with van der Waals surface area (Å²) in [5.41, 5.74) is 9.79. The first kappa shape index (κ1) is 21.9. The van der Waals surface area contributed by atoms with Gasteiger partial charge in [-0.25, -0.2) is 9.48 Å². The van der Waals surface area contributed by atoms with E-state index in [9.17, 15) is 4.79 Å². The van der Waals surface area contributed by atoms with Crippen LogP contribution in [0.3, 0.4) is 0 Å². The highest BCUT2D eigenvalue weighted by Gasteiger charge is 2.22. The molecule has 2 N–H and O–H groups in total. The summed E-state index contributed by atoms with van der Waals surface area (Å²) in [6, 6.07) is 15.6. The second kappa shape index (κ2) is 10.3. The lowest BCUT2D eigenvalue weighted by Gasteiger charge is -2.26. The van der Waals surface area contributed by atoms with Crippen molar-refractivity contribution in [2.24, 2.45) is 0 Å². The number of rotatable bonds is 8. The summed E-state index contributed by atoms with van der Waals surface area (Å²) in [6.07, 6.45) is 1.49. The van der Waals surface area contributed by atoms with Crippen molar-refractivity contribution in [1.29, 1.82) is 0 Å². The maximum atomic E-state index is 12.5. The summed E-state index contributed by atoms with van der Waals surface area (Å²) in [4.78, 5) is 14.7. The fourth-order valence-corrected chi connectivity index (χ4v) is 3.62. The second-order valence-electron chi connectivity index (χ2n) is 7.47. The van der Waals surface area contributed by atoms with E-state index in [1.54, 1.807) is 11.6 Å². The molecule has 1 aliphatic rings. The van der Waals surface area contributed by atoms with Gasteiger partial charge in [-0.3, -0.25) is 4.90 Å². The molecule has 2 heterocycles. The summed E-state index contributed by atoms with van der Waals surface area (Å²) in [6.45, 7) is 6.43. The number of nitrogens with zero attached hydrogens (tertiary/aromatic N) is 3. The van der Waals surface area contributed by atoms with Crippen LogP contribution in [0.2, 0.25) is 0 Å². The minimum Gasteiger partial charge on any atom is -0.476 e. The van der Waals surface area contributed by atoms with Crippen molar-refractivity contribution < 1.29 is 19.0 Å². The molecule has 1 fully saturated rings. The summed E-state index contributed by atoms with van der Waals surface area (Å²) < 4.78 is 18.3. The average Bonchev–Trinajstić information content (AvgIpc) is 3.24. The largest absolute Gasteiger partial charge is 0.476 e. The number of ether oxygens (including phenoxy) is 3. The zero-order valence-corrected chi connectivity index (χ0v) is 18.2. The third-order valence-corrected chi connectivity index (χ3v) is 5.30. The van der Waals surface area contributed by atoms with Crippen LogP contribution in [0.4, 0.5) is 5.69 Å². The number of anilines is 1. The second-order valence-corrected chi connectivity index (χ2v) is 7.47. The van der Waals surface area contributed by atoms with Gasteiger partial charge in [0.05, 0.1) is 31.7 Å². The first-order valence-corrected chi connectivity index (χ1v) is 10.8. The number of hydrogen-bond donors (Lipinski definition) is 1. The quantitative estimate of drug-likeness (QED) is 0.429. The molecule has 1 aliphatic heterocycles. The van der Waals surface area contributed by atoms with E-state index in [2.05, 4.69) is 10.00 Å². The van der Waals surface area contributed by atoms with Gasteiger partial charge in [0.25, 0.3) is 0 Å². The zero-order valence-electron chi connectivity index (χ0n) is 18.2. The van der Waals surface area contributed by atoms with Gasteiger partial charge in [-0.05, 0) is 42.3 Å². The molecular formula is C24H28N4O4. The third kappa shape index (κ3) is 5.09. The number of nitrogens with two attached hydrogens (primary N) is 1. The monoisotopic (exact) mass is 436 g/mol. The van der Waals surface area contributed by atoms with E-state index in [4.69, 9.17) is 19.9 Å². The SMILES string of the molecule is CCOC(=O)c1cnn(-c2ccc(-c3cccc(N)c3)cc2)c1OCCN1CCOCC1. The van der Waals surface area contributed by atoms with E-state index in [1.165, 1.54) is 6.20 Å². The van der Waals surface area contributed by atoms with Crippen LogP contribution in [0.25, 0.3) is 16.8 Å². The molecule has 0 aliphatic carbocycles. The summed E-state index contributed by atoms with van der Waals surface area (Å²) in [5.74, 6) is -0.0649. The summed E-state index contributed by atoms with van der Waals surface area (Å²) in [7, 11) is 0. The van der Waals surface area contributed by atoms with Crippen molar-refractivity contribution in [3.05, 3.63) is 60.3 Å². The van der Waals surface area contributed by atoms with Crippen LogP contribution in [-0.4, -0.2) is 66.7 Å². The van der Waals surface area contributed by atoms with Crippen molar-refractivity contribution in [1.82, 2.24) is 14.7 Å². The van der Waals surface area contributed by atoms with Gasteiger partial charge in [-0.2, -0.15) is 5.10 Å². The number of hydrogen-bond acceptors (Lipinski definition) is 7. The standard InChI is InChI=1S/C24H28N4O4/c1-2-31-24(29)22-17-26-28(23(22)32-15-12-27-10-13-30-14-11-27)21-8-6-18(7-9-21)19-4-3-5-20(25)16-19/h3-9,16-17H,2,10-15,25H2,1H3. The third-order valence-electron chi connectivity index (χ3n) is 5.30. The van der Waals surface area contributed by atoms with Crippen LogP contribution in [0.15, 0.2) is 54.7 Å². The van der Waals surface area contributed by atoms with E-state index in [0.717, 1.165) is 49.7 Å². The van der Waals surface area contributed by atoms with Crippen LogP contribution >= 0.6 is 0 Å². The van der Waals surface area contributed by atoms with Crippen LogP contribution < -0.4 is 10.5 Å². The van der Waals surface area contributed by atoms with E-state index >= 15 is 0 Å². The van der Waals surface area contributed by atoms with Crippen LogP contribution in [0.1, 0.15) is 17.3 Å². The molecule has 8 heteroatoms. The van der Waals surface area contributed by atoms with Gasteiger partial charge in [0.2, 0.25) is 5.88 Å². The minimum atomic E-state index is -0.448. The number of morpholine rings is 1. The van der Waals surface area contributed by atoms with Gasteiger partial charge in [-0.1, -0.05) is 24.3 Å². The Bertz CT molecular complexity index is 1040. The number of benzene rings is 2. The van der Waals surface area contributed by atoms with Gasteiger partial charge in [0.1, 0.15) is 12.2 Å². The van der Waals surface area contributed by atoms with Crippen molar-refractivity contribution >= 4 is 11.7 Å². The molecule has 32 heavy (non-hydrogen) atoms. The Hall–Kier alpha value is -3.36. The number of nitrogen functional groups attached to an aromatic ring is 1. The normalized spacial score (nSPS) is 14.3. The maximum Gasteiger partial charge on any atom is 0.345 e. The van der Waals surface area contributed by atoms with Gasteiger partial charge in [0.15, 0.2) is 0 Å². The molecule has 0 spiro atoms. The number of carbonyl (C=O) groups excluding carboxylic acids is 1. The first-order chi connectivity index (χ1) is 15.7. The predicted molar refractivity (Wildman–Crippen MR) is 122 cm³/mol. The van der Waals surface area contributed by atoms with Crippen LogP contribution in [0, 0.1) is 0 Å². The van der Waals surface area contributed by atoms with Crippen molar-refractivity contribution in [2.75, 3.05) is 51.8 Å². The summed E-state index contributed by atoms with van der Waals surface area (Å²) >= 11 is 0. The lowest BCUT2D eigenvalue weighted by Crippen LogP contribution is -2.38. The van der Waals surface area contributed by atoms with Gasteiger partial charge in [-0.15, -0.1) is 0 Å². The lowest BCUT2D eigenvalue weighted by molar-refractivity contribution is 0.0316.